The molecule has 1 N–H and O–H groups in total. The Labute approximate surface area is 75.8 Å². The van der Waals surface area contributed by atoms with E-state index in [0.717, 1.165) is 6.42 Å². The Morgan fingerprint density at radius 1 is 1.54 bits per heavy atom. The number of carbonyl (C=O) groups is 1. The molecule has 2 saturated heterocycles. The van der Waals surface area contributed by atoms with Crippen molar-refractivity contribution in [2.45, 2.75) is 49.6 Å². The molecule has 2 heterocycles. The molecule has 4 unspecified atom stereocenters. The van der Waals surface area contributed by atoms with Gasteiger partial charge in [0.1, 0.15) is 11.2 Å². The van der Waals surface area contributed by atoms with Gasteiger partial charge in [-0.25, -0.2) is 4.79 Å². The second-order valence-corrected chi connectivity index (χ2v) is 4.52. The Kier molecular flexibility index (Phi) is 0.979. The molecule has 72 valence electrons. The van der Waals surface area contributed by atoms with Crippen molar-refractivity contribution in [1.29, 1.82) is 0 Å². The van der Waals surface area contributed by atoms with E-state index in [4.69, 9.17) is 14.6 Å². The highest BCUT2D eigenvalue weighted by molar-refractivity contribution is 5.84. The van der Waals surface area contributed by atoms with Gasteiger partial charge in [0.05, 0.1) is 6.10 Å². The van der Waals surface area contributed by atoms with Crippen molar-refractivity contribution in [2.24, 2.45) is 0 Å². The van der Waals surface area contributed by atoms with Crippen LogP contribution in [0.25, 0.3) is 0 Å². The molecule has 0 aromatic heterocycles. The first-order valence-electron chi connectivity index (χ1n) is 4.58. The summed E-state index contributed by atoms with van der Waals surface area (Å²) in [5.41, 5.74) is -1.88. The quantitative estimate of drug-likeness (QED) is 0.604. The van der Waals surface area contributed by atoms with Crippen LogP contribution in [0.2, 0.25) is 0 Å². The van der Waals surface area contributed by atoms with Crippen molar-refractivity contribution in [1.82, 2.24) is 0 Å². The number of hydrogen-bond acceptors (Lipinski definition) is 3. The Hall–Kier alpha value is -0.610. The number of fused-ring (bicyclic) bond motifs is 3. The maximum absolute atomic E-state index is 11.0. The fourth-order valence-electron chi connectivity index (χ4n) is 2.82. The first kappa shape index (κ1) is 7.76. The maximum atomic E-state index is 11.0. The molecule has 0 amide bonds. The van der Waals surface area contributed by atoms with Crippen LogP contribution in [0.3, 0.4) is 0 Å². The van der Waals surface area contributed by atoms with Gasteiger partial charge < -0.3 is 14.6 Å². The van der Waals surface area contributed by atoms with E-state index in [-0.39, 0.29) is 11.7 Å². The normalized spacial score (nSPS) is 62.2. The molecule has 3 rings (SSSR count). The van der Waals surface area contributed by atoms with Crippen LogP contribution in [0.15, 0.2) is 0 Å². The van der Waals surface area contributed by atoms with E-state index in [1.807, 2.05) is 13.8 Å². The summed E-state index contributed by atoms with van der Waals surface area (Å²) in [7, 11) is 0. The number of epoxide rings is 2. The summed E-state index contributed by atoms with van der Waals surface area (Å²) >= 11 is 0. The van der Waals surface area contributed by atoms with Crippen LogP contribution in [0.4, 0.5) is 0 Å². The van der Waals surface area contributed by atoms with Crippen LogP contribution in [0.1, 0.15) is 26.7 Å². The van der Waals surface area contributed by atoms with E-state index in [9.17, 15) is 4.79 Å². The highest BCUT2D eigenvalue weighted by atomic mass is 16.7. The lowest BCUT2D eigenvalue weighted by atomic mass is 9.74. The van der Waals surface area contributed by atoms with Crippen LogP contribution in [0.5, 0.6) is 0 Å². The molecule has 0 aromatic rings. The average molecular weight is 184 g/mol. The minimum atomic E-state index is -0.950. The van der Waals surface area contributed by atoms with Gasteiger partial charge in [-0.1, -0.05) is 0 Å². The summed E-state index contributed by atoms with van der Waals surface area (Å²) in [5, 5.41) is 9.07. The van der Waals surface area contributed by atoms with Crippen LogP contribution < -0.4 is 0 Å². The molecular weight excluding hydrogens is 172 g/mol. The Bertz CT molecular complexity index is 315. The standard InChI is InChI=1S/C9H12O4/c1-7-5(12-7)3-4-9(6(10)11)8(7,2)13-9/h5H,3-4H2,1-2H3,(H,10,11). The van der Waals surface area contributed by atoms with E-state index in [0.29, 0.717) is 6.42 Å². The molecule has 13 heavy (non-hydrogen) atoms. The van der Waals surface area contributed by atoms with E-state index in [2.05, 4.69) is 0 Å². The predicted molar refractivity (Wildman–Crippen MR) is 42.4 cm³/mol. The van der Waals surface area contributed by atoms with Gasteiger partial charge in [0.15, 0.2) is 5.60 Å². The average Bonchev–Trinajstić information content (AvgIpc) is 2.84. The largest absolute Gasteiger partial charge is 0.479 e. The molecule has 0 bridgehead atoms. The maximum Gasteiger partial charge on any atom is 0.339 e. The third-order valence-electron chi connectivity index (χ3n) is 4.10. The van der Waals surface area contributed by atoms with Crippen LogP contribution in [-0.4, -0.2) is 34.0 Å². The summed E-state index contributed by atoms with van der Waals surface area (Å²) in [6.07, 6.45) is 1.60. The fourth-order valence-corrected chi connectivity index (χ4v) is 2.82. The van der Waals surface area contributed by atoms with Crippen molar-refractivity contribution in [3.05, 3.63) is 0 Å². The van der Waals surface area contributed by atoms with Crippen LogP contribution in [0, 0.1) is 0 Å². The number of rotatable bonds is 1. The van der Waals surface area contributed by atoms with Crippen LogP contribution >= 0.6 is 0 Å². The third-order valence-corrected chi connectivity index (χ3v) is 4.10. The second-order valence-electron chi connectivity index (χ2n) is 4.52. The van der Waals surface area contributed by atoms with Crippen molar-refractivity contribution >= 4 is 5.97 Å². The molecule has 1 aliphatic carbocycles. The van der Waals surface area contributed by atoms with E-state index >= 15 is 0 Å². The number of hydrogen-bond donors (Lipinski definition) is 1. The molecule has 3 aliphatic rings. The highest BCUT2D eigenvalue weighted by Crippen LogP contribution is 2.69. The van der Waals surface area contributed by atoms with Gasteiger partial charge >= 0.3 is 5.97 Å². The summed E-state index contributed by atoms with van der Waals surface area (Å²) in [4.78, 5) is 11.0. The monoisotopic (exact) mass is 184 g/mol. The minimum Gasteiger partial charge on any atom is -0.479 e. The molecule has 2 aliphatic heterocycles. The van der Waals surface area contributed by atoms with Gasteiger partial charge in [-0.05, 0) is 26.7 Å². The number of aliphatic carboxylic acids is 1. The van der Waals surface area contributed by atoms with E-state index in [1.54, 1.807) is 0 Å². The molecule has 0 aromatic carbocycles. The third kappa shape index (κ3) is 0.559. The van der Waals surface area contributed by atoms with Gasteiger partial charge in [-0.2, -0.15) is 0 Å². The van der Waals surface area contributed by atoms with Gasteiger partial charge in [0.25, 0.3) is 0 Å². The van der Waals surface area contributed by atoms with Gasteiger partial charge in [-0.3, -0.25) is 0 Å². The van der Waals surface area contributed by atoms with Gasteiger partial charge in [0, 0.05) is 0 Å². The molecule has 4 heteroatoms. The topological polar surface area (TPSA) is 62.4 Å². The van der Waals surface area contributed by atoms with E-state index < -0.39 is 17.2 Å². The van der Waals surface area contributed by atoms with Crippen molar-refractivity contribution in [3.8, 4) is 0 Å². The zero-order valence-electron chi connectivity index (χ0n) is 7.66. The van der Waals surface area contributed by atoms with Gasteiger partial charge in [0.2, 0.25) is 0 Å². The Morgan fingerprint density at radius 2 is 2.23 bits per heavy atom. The smallest absolute Gasteiger partial charge is 0.339 e. The first-order valence-corrected chi connectivity index (χ1v) is 4.58. The highest BCUT2D eigenvalue weighted by Gasteiger charge is 2.88. The fraction of sp³-hybridized carbons (Fsp3) is 0.889. The van der Waals surface area contributed by atoms with Crippen LogP contribution in [-0.2, 0) is 14.3 Å². The lowest BCUT2D eigenvalue weighted by molar-refractivity contribution is -0.143. The number of ether oxygens (including phenoxy) is 2. The lowest BCUT2D eigenvalue weighted by Gasteiger charge is -2.20. The second kappa shape index (κ2) is 1.64. The van der Waals surface area contributed by atoms with Crippen molar-refractivity contribution < 1.29 is 19.4 Å². The van der Waals surface area contributed by atoms with Crippen molar-refractivity contribution in [2.75, 3.05) is 0 Å². The first-order chi connectivity index (χ1) is 5.96. The minimum absolute atomic E-state index is 0.215. The van der Waals surface area contributed by atoms with Gasteiger partial charge in [-0.15, -0.1) is 0 Å². The summed E-state index contributed by atoms with van der Waals surface area (Å²) in [6.45, 7) is 3.79. The zero-order valence-corrected chi connectivity index (χ0v) is 7.66. The molecule has 4 atom stereocenters. The van der Waals surface area contributed by atoms with E-state index in [1.165, 1.54) is 0 Å². The zero-order chi connectivity index (χ0) is 9.48. The summed E-state index contributed by atoms with van der Waals surface area (Å²) < 4.78 is 11.0. The molecular formula is C9H12O4. The SMILES string of the molecule is CC12OC1CCC1(C(=O)O)OC12C. The Balaban J connectivity index is 2.02. The number of carboxylic acids is 1. The molecule has 4 nitrogen and oxygen atoms in total. The van der Waals surface area contributed by atoms with Crippen molar-refractivity contribution in [3.63, 3.8) is 0 Å². The summed E-state index contributed by atoms with van der Waals surface area (Å²) in [5.74, 6) is -0.842. The Morgan fingerprint density at radius 3 is 2.85 bits per heavy atom. The molecule has 3 fully saturated rings. The number of carboxylic acid groups (broad SMARTS) is 1. The molecule has 1 saturated carbocycles. The predicted octanol–water partition coefficient (Wildman–Crippen LogP) is 0.550. The molecule has 0 spiro atoms. The molecule has 0 radical (unpaired) electrons. The lowest BCUT2D eigenvalue weighted by Crippen LogP contribution is -2.45. The summed E-state index contributed by atoms with van der Waals surface area (Å²) in [6, 6.07) is 0.